The topological polar surface area (TPSA) is 273 Å². The number of nitrogens with two attached hydrogens (primary N) is 1. The first-order chi connectivity index (χ1) is 31.4. The molecule has 2 heterocycles. The molecule has 2 aromatic carbocycles. The standard InChI is InChI=1S/C48H67N7O11/c1-4-31(2)45(52-46(63)32(3)25-36-28-50-39-8-6-5-7-38(36)39)41(57)26-35(14-18-42(49)58)47(64)51-27-34-11-9-33(10-12-34)13-15-37(56)16-17-40(48(65)66)55-23-21-53(29-43(59)60)19-20-54(22-24-55)30-44(61)62/h5-12,28,31-32,35,40,45,50H,4,13-27,29-30H2,1-3H3,(H2,49,58)(H,51,64)(H,52,63)(H,59,60)(H,61,62)(H,65,66)/t31?,32-,35+,40?,45-/m0/s1. The molecule has 0 aliphatic carbocycles. The predicted molar refractivity (Wildman–Crippen MR) is 246 cm³/mol. The van der Waals surface area contributed by atoms with E-state index in [-0.39, 0.29) is 108 Å². The highest BCUT2D eigenvalue weighted by molar-refractivity contribution is 5.93. The van der Waals surface area contributed by atoms with Crippen LogP contribution in [-0.2, 0) is 57.7 Å². The lowest BCUT2D eigenvalue weighted by Crippen LogP contribution is -2.48. The fourth-order valence-corrected chi connectivity index (χ4v) is 8.30. The van der Waals surface area contributed by atoms with Gasteiger partial charge in [-0.1, -0.05) is 69.7 Å². The number of carbonyl (C=O) groups is 8. The summed E-state index contributed by atoms with van der Waals surface area (Å²) < 4.78 is 0. The number of para-hydroxylation sites is 1. The molecule has 5 atom stereocenters. The van der Waals surface area contributed by atoms with Crippen LogP contribution in [0, 0.1) is 17.8 Å². The van der Waals surface area contributed by atoms with Gasteiger partial charge in [0.15, 0.2) is 5.78 Å². The summed E-state index contributed by atoms with van der Waals surface area (Å²) in [6, 6.07) is 13.2. The smallest absolute Gasteiger partial charge is 0.320 e. The number of aryl methyl sites for hydroxylation is 1. The van der Waals surface area contributed by atoms with Crippen molar-refractivity contribution in [1.29, 1.82) is 0 Å². The molecule has 2 unspecified atom stereocenters. The fraction of sp³-hybridized carbons (Fsp3) is 0.542. The summed E-state index contributed by atoms with van der Waals surface area (Å²) in [5.74, 6) is -6.45. The van der Waals surface area contributed by atoms with Crippen LogP contribution < -0.4 is 16.4 Å². The zero-order chi connectivity index (χ0) is 48.3. The number of carboxylic acids is 3. The van der Waals surface area contributed by atoms with Crippen LogP contribution in [0.1, 0.15) is 82.4 Å². The molecule has 0 spiro atoms. The van der Waals surface area contributed by atoms with Gasteiger partial charge < -0.3 is 36.7 Å². The summed E-state index contributed by atoms with van der Waals surface area (Å²) in [5.41, 5.74) is 9.01. The highest BCUT2D eigenvalue weighted by Crippen LogP contribution is 2.23. The SMILES string of the molecule is CCC(C)[C@H](NC(=O)[C@@H](C)Cc1c[nH]c2ccccc12)C(=O)C[C@@H](CCC(N)=O)C(=O)NCc1ccc(CCC(=O)CCC(C(=O)O)N2CCN(CC(=O)O)CCN(CC(=O)O)CC2)cc1. The number of ketones is 2. The second-order valence-corrected chi connectivity index (χ2v) is 17.6. The Hall–Kier alpha value is -5.98. The molecular weight excluding hydrogens is 851 g/mol. The summed E-state index contributed by atoms with van der Waals surface area (Å²) in [4.78, 5) is 109. The molecule has 1 aromatic heterocycles. The Kier molecular flexibility index (Phi) is 20.9. The molecular formula is C48H67N7O11. The van der Waals surface area contributed by atoms with Crippen molar-refractivity contribution < 1.29 is 53.7 Å². The average Bonchev–Trinajstić information content (AvgIpc) is 3.71. The van der Waals surface area contributed by atoms with E-state index in [1.165, 1.54) is 0 Å². The van der Waals surface area contributed by atoms with Gasteiger partial charge in [-0.25, -0.2) is 0 Å². The molecule has 18 heteroatoms. The number of amides is 3. The lowest BCUT2D eigenvalue weighted by Gasteiger charge is -2.30. The average molecular weight is 918 g/mol. The second-order valence-electron chi connectivity index (χ2n) is 17.6. The molecule has 3 aromatic rings. The van der Waals surface area contributed by atoms with Gasteiger partial charge in [0.25, 0.3) is 0 Å². The molecule has 8 N–H and O–H groups in total. The lowest BCUT2D eigenvalue weighted by molar-refractivity contribution is -0.144. The van der Waals surface area contributed by atoms with Crippen molar-refractivity contribution >= 4 is 58.1 Å². The largest absolute Gasteiger partial charge is 0.480 e. The maximum absolute atomic E-state index is 13.9. The van der Waals surface area contributed by atoms with Gasteiger partial charge in [-0.3, -0.25) is 53.1 Å². The molecule has 66 heavy (non-hydrogen) atoms. The summed E-state index contributed by atoms with van der Waals surface area (Å²) in [7, 11) is 0. The number of aromatic amines is 1. The minimum absolute atomic E-state index is 0.00405. The summed E-state index contributed by atoms with van der Waals surface area (Å²) in [6.07, 6.45) is 3.33. The first-order valence-electron chi connectivity index (χ1n) is 22.8. The number of carboxylic acid groups (broad SMARTS) is 3. The van der Waals surface area contributed by atoms with E-state index in [0.717, 1.165) is 27.6 Å². The maximum atomic E-state index is 13.9. The van der Waals surface area contributed by atoms with Gasteiger partial charge in [-0.2, -0.15) is 0 Å². The highest BCUT2D eigenvalue weighted by Gasteiger charge is 2.32. The summed E-state index contributed by atoms with van der Waals surface area (Å²) >= 11 is 0. The minimum atomic E-state index is -1.12. The maximum Gasteiger partial charge on any atom is 0.320 e. The summed E-state index contributed by atoms with van der Waals surface area (Å²) in [5, 5.41) is 35.7. The zero-order valence-electron chi connectivity index (χ0n) is 38.3. The van der Waals surface area contributed by atoms with E-state index in [1.807, 2.05) is 75.5 Å². The first kappa shape index (κ1) is 52.6. The van der Waals surface area contributed by atoms with E-state index >= 15 is 0 Å². The number of rotatable bonds is 27. The van der Waals surface area contributed by atoms with E-state index in [0.29, 0.717) is 32.4 Å². The Balaban J connectivity index is 1.29. The van der Waals surface area contributed by atoms with Crippen LogP contribution in [0.2, 0.25) is 0 Å². The Morgan fingerprint density at radius 2 is 1.36 bits per heavy atom. The van der Waals surface area contributed by atoms with Gasteiger partial charge in [-0.15, -0.1) is 0 Å². The van der Waals surface area contributed by atoms with Crippen molar-refractivity contribution in [3.63, 3.8) is 0 Å². The van der Waals surface area contributed by atoms with E-state index in [9.17, 15) is 53.7 Å². The molecule has 0 bridgehead atoms. The van der Waals surface area contributed by atoms with Crippen molar-refractivity contribution in [2.45, 2.75) is 97.2 Å². The highest BCUT2D eigenvalue weighted by atomic mass is 16.4. The van der Waals surface area contributed by atoms with Crippen LogP contribution in [0.4, 0.5) is 0 Å². The van der Waals surface area contributed by atoms with Crippen molar-refractivity contribution in [2.24, 2.45) is 23.5 Å². The molecule has 4 rings (SSSR count). The molecule has 0 saturated carbocycles. The van der Waals surface area contributed by atoms with Crippen LogP contribution in [-0.4, -0.2) is 147 Å². The van der Waals surface area contributed by atoms with Crippen LogP contribution in [0.15, 0.2) is 54.7 Å². The predicted octanol–water partition coefficient (Wildman–Crippen LogP) is 2.86. The zero-order valence-corrected chi connectivity index (χ0v) is 38.3. The van der Waals surface area contributed by atoms with Crippen LogP contribution >= 0.6 is 0 Å². The van der Waals surface area contributed by atoms with Crippen molar-refractivity contribution in [2.75, 3.05) is 52.4 Å². The minimum Gasteiger partial charge on any atom is -0.480 e. The van der Waals surface area contributed by atoms with E-state index < -0.39 is 53.6 Å². The number of aliphatic carboxylic acids is 3. The first-order valence-corrected chi connectivity index (χ1v) is 22.8. The van der Waals surface area contributed by atoms with Crippen LogP contribution in [0.3, 0.4) is 0 Å². The molecule has 1 aliphatic rings. The molecule has 1 aliphatic heterocycles. The van der Waals surface area contributed by atoms with Crippen molar-refractivity contribution in [3.8, 4) is 0 Å². The molecule has 3 amide bonds. The Labute approximate surface area is 385 Å². The molecule has 1 fully saturated rings. The number of Topliss-reactive ketones (excluding diaryl/α,β-unsaturated/α-hetero) is 2. The summed E-state index contributed by atoms with van der Waals surface area (Å²) in [6.45, 7) is 6.87. The molecule has 0 radical (unpaired) electrons. The third-order valence-corrected chi connectivity index (χ3v) is 12.5. The van der Waals surface area contributed by atoms with E-state index in [1.54, 1.807) is 14.7 Å². The Bertz CT molecular complexity index is 2110. The number of aromatic nitrogens is 1. The number of H-pyrrole nitrogens is 1. The van der Waals surface area contributed by atoms with Crippen LogP contribution in [0.25, 0.3) is 10.9 Å². The molecule has 1 saturated heterocycles. The number of primary amides is 1. The van der Waals surface area contributed by atoms with Crippen LogP contribution in [0.5, 0.6) is 0 Å². The Morgan fingerprint density at radius 1 is 0.758 bits per heavy atom. The number of carbonyl (C=O) groups excluding carboxylic acids is 5. The van der Waals surface area contributed by atoms with Gasteiger partial charge in [0, 0.05) is 100 Å². The third kappa shape index (κ3) is 17.1. The number of nitrogens with zero attached hydrogens (tertiary/aromatic N) is 3. The van der Waals surface area contributed by atoms with Gasteiger partial charge >= 0.3 is 17.9 Å². The fourth-order valence-electron chi connectivity index (χ4n) is 8.30. The lowest BCUT2D eigenvalue weighted by atomic mass is 9.87. The number of fused-ring (bicyclic) bond motifs is 1. The van der Waals surface area contributed by atoms with Crippen molar-refractivity contribution in [1.82, 2.24) is 30.3 Å². The third-order valence-electron chi connectivity index (χ3n) is 12.5. The normalized spacial score (nSPS) is 16.4. The monoisotopic (exact) mass is 917 g/mol. The second kappa shape index (κ2) is 26.2. The molecule has 18 nitrogen and oxygen atoms in total. The molecule has 360 valence electrons. The van der Waals surface area contributed by atoms with Gasteiger partial charge in [0.05, 0.1) is 19.1 Å². The number of hydrogen-bond acceptors (Lipinski definition) is 11. The van der Waals surface area contributed by atoms with E-state index in [4.69, 9.17) is 5.73 Å². The van der Waals surface area contributed by atoms with Gasteiger partial charge in [0.1, 0.15) is 11.8 Å². The van der Waals surface area contributed by atoms with E-state index in [2.05, 4.69) is 15.6 Å². The van der Waals surface area contributed by atoms with Crippen molar-refractivity contribution in [3.05, 3.63) is 71.4 Å². The van der Waals surface area contributed by atoms with Gasteiger partial charge in [0.2, 0.25) is 17.7 Å². The number of benzene rings is 2. The Morgan fingerprint density at radius 3 is 1.95 bits per heavy atom. The quantitative estimate of drug-likeness (QED) is 0.0580. The number of nitrogens with one attached hydrogen (secondary N) is 3. The van der Waals surface area contributed by atoms with Gasteiger partial charge in [-0.05, 0) is 54.4 Å². The number of hydrogen-bond donors (Lipinski definition) is 7.